The molecule has 0 bridgehead atoms. The molecule has 230 valence electrons. The summed E-state index contributed by atoms with van der Waals surface area (Å²) in [5.74, 6) is 0.565. The highest BCUT2D eigenvalue weighted by Gasteiger charge is 2.37. The van der Waals surface area contributed by atoms with E-state index in [9.17, 15) is 9.79 Å². The van der Waals surface area contributed by atoms with Crippen molar-refractivity contribution in [3.63, 3.8) is 0 Å². The third-order valence-electron chi connectivity index (χ3n) is 10.3. The van der Waals surface area contributed by atoms with Crippen molar-refractivity contribution < 1.29 is 14.3 Å². The molecule has 0 fully saturated rings. The van der Waals surface area contributed by atoms with Gasteiger partial charge in [0.2, 0.25) is 0 Å². The molecule has 2 N–H and O–H groups in total. The highest BCUT2D eigenvalue weighted by molar-refractivity contribution is 7.39. The van der Waals surface area contributed by atoms with Gasteiger partial charge in [-0.25, -0.2) is 0 Å². The molecule has 0 spiro atoms. The summed E-state index contributed by atoms with van der Waals surface area (Å²) in [5, 5.41) is 0. The first-order valence-electron chi connectivity index (χ1n) is 15.7. The second kappa shape index (κ2) is 12.8. The summed E-state index contributed by atoms with van der Waals surface area (Å²) in [6.07, 6.45) is 3.93. The van der Waals surface area contributed by atoms with E-state index in [2.05, 4.69) is 138 Å². The van der Waals surface area contributed by atoms with Crippen LogP contribution in [0, 0.1) is 0 Å². The zero-order valence-electron chi connectivity index (χ0n) is 28.3. The monoisotopic (exact) mass is 590 g/mol. The Labute approximate surface area is 257 Å². The molecule has 0 aliphatic heterocycles. The van der Waals surface area contributed by atoms with Crippen molar-refractivity contribution in [2.24, 2.45) is 0 Å². The largest absolute Gasteiger partial charge is 0.427 e. The molecule has 3 rings (SSSR count). The predicted molar refractivity (Wildman–Crippen MR) is 183 cm³/mol. The van der Waals surface area contributed by atoms with Crippen molar-refractivity contribution in [2.75, 3.05) is 0 Å². The second-order valence-corrected chi connectivity index (χ2v) is 15.2. The Hall–Kier alpha value is -2.19. The van der Waals surface area contributed by atoms with E-state index in [1.807, 2.05) is 0 Å². The topological polar surface area (TPSA) is 49.7 Å². The molecular formula is C38H55O3P. The van der Waals surface area contributed by atoms with Crippen LogP contribution in [0.4, 0.5) is 0 Å². The molecule has 0 unspecified atom stereocenters. The number of rotatable bonds is 12. The lowest BCUT2D eigenvalue weighted by molar-refractivity contribution is 0.364. The predicted octanol–water partition coefficient (Wildman–Crippen LogP) is 11.4. The fourth-order valence-corrected chi connectivity index (χ4v) is 5.97. The van der Waals surface area contributed by atoms with E-state index in [1.165, 1.54) is 27.8 Å². The van der Waals surface area contributed by atoms with Gasteiger partial charge in [-0.2, -0.15) is 0 Å². The Bertz CT molecular complexity index is 1350. The maximum atomic E-state index is 10.1. The Morgan fingerprint density at radius 1 is 0.548 bits per heavy atom. The Morgan fingerprint density at radius 2 is 0.929 bits per heavy atom. The van der Waals surface area contributed by atoms with Crippen molar-refractivity contribution in [1.82, 2.24) is 0 Å². The van der Waals surface area contributed by atoms with Gasteiger partial charge >= 0.3 is 8.60 Å². The number of hydrogen-bond donors (Lipinski definition) is 2. The summed E-state index contributed by atoms with van der Waals surface area (Å²) in [6.45, 7) is 27.1. The van der Waals surface area contributed by atoms with Crippen LogP contribution in [0.3, 0.4) is 0 Å². The van der Waals surface area contributed by atoms with E-state index in [-0.39, 0.29) is 21.7 Å². The fraction of sp³-hybridized carbons (Fsp3) is 0.526. The molecule has 0 saturated carbocycles. The summed E-state index contributed by atoms with van der Waals surface area (Å²) in [6, 6.07) is 20.1. The Balaban J connectivity index is 2.54. The van der Waals surface area contributed by atoms with Crippen LogP contribution in [0.25, 0.3) is 22.3 Å². The minimum absolute atomic E-state index is 0.0888. The maximum absolute atomic E-state index is 10.1. The van der Waals surface area contributed by atoms with E-state index in [0.717, 1.165) is 42.4 Å². The molecule has 0 aliphatic rings. The molecule has 0 aromatic heterocycles. The van der Waals surface area contributed by atoms with Crippen molar-refractivity contribution in [3.8, 4) is 28.0 Å². The average molecular weight is 591 g/mol. The van der Waals surface area contributed by atoms with Crippen molar-refractivity contribution in [1.29, 1.82) is 0 Å². The summed E-state index contributed by atoms with van der Waals surface area (Å²) in [4.78, 5) is 20.3. The normalized spacial score (nSPS) is 13.1. The minimum atomic E-state index is -2.59. The highest BCUT2D eigenvalue weighted by atomic mass is 31.2. The fourth-order valence-electron chi connectivity index (χ4n) is 5.65. The summed E-state index contributed by atoms with van der Waals surface area (Å²) in [7, 11) is -2.59. The van der Waals surface area contributed by atoms with Crippen LogP contribution < -0.4 is 4.52 Å². The zero-order chi connectivity index (χ0) is 31.7. The van der Waals surface area contributed by atoms with Crippen LogP contribution in [-0.2, 0) is 21.7 Å². The smallest absolute Gasteiger partial charge is 0.391 e. The number of benzene rings is 3. The summed E-state index contributed by atoms with van der Waals surface area (Å²) >= 11 is 0. The van der Waals surface area contributed by atoms with E-state index < -0.39 is 8.60 Å². The molecule has 3 aromatic carbocycles. The van der Waals surface area contributed by atoms with Crippen LogP contribution >= 0.6 is 8.60 Å². The van der Waals surface area contributed by atoms with Crippen LogP contribution in [-0.4, -0.2) is 9.79 Å². The molecule has 0 saturated heterocycles. The van der Waals surface area contributed by atoms with E-state index in [4.69, 9.17) is 4.52 Å². The van der Waals surface area contributed by atoms with Gasteiger partial charge in [0, 0.05) is 5.56 Å². The lowest BCUT2D eigenvalue weighted by atomic mass is 9.67. The zero-order valence-corrected chi connectivity index (χ0v) is 29.2. The van der Waals surface area contributed by atoms with Crippen molar-refractivity contribution in [2.45, 2.75) is 130 Å². The van der Waals surface area contributed by atoms with Crippen LogP contribution in [0.2, 0.25) is 0 Å². The quantitative estimate of drug-likeness (QED) is 0.206. The Morgan fingerprint density at radius 3 is 1.31 bits per heavy atom. The highest BCUT2D eigenvalue weighted by Crippen LogP contribution is 2.53. The van der Waals surface area contributed by atoms with Gasteiger partial charge in [-0.15, -0.1) is 0 Å². The van der Waals surface area contributed by atoms with Crippen LogP contribution in [0.5, 0.6) is 5.75 Å². The maximum Gasteiger partial charge on any atom is 0.391 e. The van der Waals surface area contributed by atoms with Gasteiger partial charge in [0.15, 0.2) is 0 Å². The SMILES string of the molecule is CCC(C)(C)c1ccc(-c2cc(OP(O)O)c(C(C)(C)CC)c(C(C)(C)CC)c2-c2ccc(C(C)(C)CC)cc2)cc1. The van der Waals surface area contributed by atoms with Crippen LogP contribution in [0.1, 0.15) is 131 Å². The van der Waals surface area contributed by atoms with Gasteiger partial charge in [-0.3, -0.25) is 0 Å². The molecule has 0 amide bonds. The third-order valence-corrected chi connectivity index (χ3v) is 10.7. The van der Waals surface area contributed by atoms with Gasteiger partial charge in [-0.05, 0) is 92.4 Å². The van der Waals surface area contributed by atoms with Gasteiger partial charge in [0.1, 0.15) is 5.75 Å². The van der Waals surface area contributed by atoms with Crippen molar-refractivity contribution >= 4 is 8.60 Å². The van der Waals surface area contributed by atoms with Gasteiger partial charge in [0.05, 0.1) is 0 Å². The Kier molecular flexibility index (Phi) is 10.5. The molecule has 0 radical (unpaired) electrons. The van der Waals surface area contributed by atoms with Crippen LogP contribution in [0.15, 0.2) is 54.6 Å². The minimum Gasteiger partial charge on any atom is -0.427 e. The van der Waals surface area contributed by atoms with E-state index in [1.54, 1.807) is 0 Å². The molecule has 0 aliphatic carbocycles. The summed E-state index contributed by atoms with van der Waals surface area (Å²) in [5.41, 5.74) is 9.18. The second-order valence-electron chi connectivity index (χ2n) is 14.5. The van der Waals surface area contributed by atoms with Gasteiger partial charge in [-0.1, -0.05) is 132 Å². The third kappa shape index (κ3) is 6.96. The molecule has 0 atom stereocenters. The lowest BCUT2D eigenvalue weighted by Gasteiger charge is -2.38. The van der Waals surface area contributed by atoms with E-state index >= 15 is 0 Å². The van der Waals surface area contributed by atoms with E-state index in [0.29, 0.717) is 5.75 Å². The standard InChI is InChI=1S/C38H55O3P/c1-13-35(5,6)28-21-17-26(18-22-28)30-25-31(41-42(39)40)33(37(9,10)15-3)34(38(11,12)16-4)32(30)27-19-23-29(24-20-27)36(7,8)14-2/h17-25,39-40H,13-16H2,1-12H3. The first-order valence-corrected chi connectivity index (χ1v) is 16.9. The first kappa shape index (κ1) is 34.3. The summed E-state index contributed by atoms with van der Waals surface area (Å²) < 4.78 is 5.92. The molecule has 4 heteroatoms. The molecule has 42 heavy (non-hydrogen) atoms. The molecular weight excluding hydrogens is 535 g/mol. The average Bonchev–Trinajstić information content (AvgIpc) is 2.96. The first-order chi connectivity index (χ1) is 19.5. The number of hydrogen-bond acceptors (Lipinski definition) is 3. The molecule has 3 aromatic rings. The van der Waals surface area contributed by atoms with Crippen molar-refractivity contribution in [3.05, 3.63) is 76.9 Å². The molecule has 3 nitrogen and oxygen atoms in total. The lowest BCUT2D eigenvalue weighted by Crippen LogP contribution is -2.27. The molecule has 0 heterocycles. The van der Waals surface area contributed by atoms with Gasteiger partial charge < -0.3 is 14.3 Å². The van der Waals surface area contributed by atoms with Gasteiger partial charge in [0.25, 0.3) is 0 Å².